The van der Waals surface area contributed by atoms with Crippen LogP contribution in [0.3, 0.4) is 0 Å². The van der Waals surface area contributed by atoms with Gasteiger partial charge in [-0.05, 0) is 47.5 Å². The fraction of sp³-hybridized carbons (Fsp3) is 0.0769. The lowest BCUT2D eigenvalue weighted by atomic mass is 10.1. The molecule has 0 fully saturated rings. The van der Waals surface area contributed by atoms with Crippen LogP contribution < -0.4 is 21.3 Å². The van der Waals surface area contributed by atoms with Crippen molar-refractivity contribution in [2.75, 3.05) is 21.3 Å². The van der Waals surface area contributed by atoms with Crippen LogP contribution in [0.2, 0.25) is 0 Å². The van der Waals surface area contributed by atoms with Crippen LogP contribution in [0.5, 0.6) is 0 Å². The predicted molar refractivity (Wildman–Crippen MR) is 138 cm³/mol. The number of hydrogen-bond donors (Lipinski definition) is 4. The number of anilines is 6. The van der Waals surface area contributed by atoms with Crippen molar-refractivity contribution in [1.82, 2.24) is 15.0 Å². The average Bonchev–Trinajstić information content (AvgIpc) is 2.85. The van der Waals surface area contributed by atoms with Crippen LogP contribution in [0.1, 0.15) is 17.0 Å². The molecule has 0 aliphatic heterocycles. The molecule has 3 aromatic carbocycles. The third-order valence-electron chi connectivity index (χ3n) is 5.04. The molecule has 0 saturated carbocycles. The first-order valence-electron chi connectivity index (χ1n) is 11.1. The Morgan fingerprint density at radius 1 is 0.611 bits per heavy atom. The maximum Gasteiger partial charge on any atom is 0.232 e. The largest absolute Gasteiger partial charge is 0.329 e. The van der Waals surface area contributed by atoms with Gasteiger partial charge in [0.05, 0.1) is 0 Å². The summed E-state index contributed by atoms with van der Waals surface area (Å²) in [6, 6.07) is 21.9. The number of carbonyl (C=O) groups is 3. The Balaban J connectivity index is 1.65. The van der Waals surface area contributed by atoms with E-state index in [1.165, 1.54) is 0 Å². The summed E-state index contributed by atoms with van der Waals surface area (Å²) in [6.45, 7) is 0. The number of nitrogens with zero attached hydrogens (tertiary/aromatic N) is 3. The molecular formula is C26H23N7O3. The molecule has 0 radical (unpaired) electrons. The Hall–Kier alpha value is -5.12. The summed E-state index contributed by atoms with van der Waals surface area (Å²) in [5.74, 6) is 1.11. The van der Waals surface area contributed by atoms with Gasteiger partial charge in [0.25, 0.3) is 0 Å². The van der Waals surface area contributed by atoms with Gasteiger partial charge in [-0.2, -0.15) is 15.0 Å². The molecule has 0 aliphatic carbocycles. The first kappa shape index (κ1) is 24.0. The van der Waals surface area contributed by atoms with E-state index < -0.39 is 0 Å². The minimum atomic E-state index is 0.303. The molecular weight excluding hydrogens is 458 g/mol. The summed E-state index contributed by atoms with van der Waals surface area (Å²) in [5, 5.41) is 11.5. The zero-order chi connectivity index (χ0) is 25.2. The van der Waals surface area contributed by atoms with Gasteiger partial charge in [-0.25, -0.2) is 0 Å². The second-order valence-electron chi connectivity index (χ2n) is 7.70. The minimum Gasteiger partial charge on any atom is -0.329 e. The Kier molecular flexibility index (Phi) is 7.90. The molecule has 180 valence electrons. The average molecular weight is 482 g/mol. The number of benzene rings is 3. The van der Waals surface area contributed by atoms with Crippen LogP contribution in [0.4, 0.5) is 34.6 Å². The van der Waals surface area contributed by atoms with Crippen molar-refractivity contribution in [3.05, 3.63) is 89.7 Å². The first-order valence-corrected chi connectivity index (χ1v) is 11.1. The Morgan fingerprint density at radius 3 is 1.69 bits per heavy atom. The van der Waals surface area contributed by atoms with Gasteiger partial charge in [0.1, 0.15) is 12.1 Å². The van der Waals surface area contributed by atoms with E-state index in [2.05, 4.69) is 36.2 Å². The highest BCUT2D eigenvalue weighted by Crippen LogP contribution is 2.22. The third-order valence-corrected chi connectivity index (χ3v) is 5.04. The standard InChI is InChI=1S/C26H23N7O3/c34-11-10-18-4-1-5-19(12-18)13-24-31-25(29-22-8-2-6-20(14-22)27-16-35)33-26(32-24)30-23-9-3-7-21(15-23)28-17-36/h1-9,11-12,14-17H,10,13H2,(H,27,35)(H,28,36)(H2,29,30,31,32,33). The molecule has 10 nitrogen and oxygen atoms in total. The highest BCUT2D eigenvalue weighted by atomic mass is 16.1. The SMILES string of the molecule is O=CCc1cccc(Cc2nc(Nc3cccc(NC=O)c3)nc(Nc3cccc(NC=O)c3)n2)c1. The highest BCUT2D eigenvalue weighted by Gasteiger charge is 2.10. The van der Waals surface area contributed by atoms with Crippen molar-refractivity contribution in [3.8, 4) is 0 Å². The van der Waals surface area contributed by atoms with Crippen molar-refractivity contribution >= 4 is 53.8 Å². The highest BCUT2D eigenvalue weighted by molar-refractivity contribution is 5.75. The van der Waals surface area contributed by atoms with Crippen LogP contribution in [-0.4, -0.2) is 34.1 Å². The third kappa shape index (κ3) is 6.70. The maximum absolute atomic E-state index is 10.9. The van der Waals surface area contributed by atoms with Crippen LogP contribution >= 0.6 is 0 Å². The van der Waals surface area contributed by atoms with E-state index in [4.69, 9.17) is 0 Å². The molecule has 0 saturated heterocycles. The van der Waals surface area contributed by atoms with Gasteiger partial charge >= 0.3 is 0 Å². The van der Waals surface area contributed by atoms with Crippen molar-refractivity contribution in [1.29, 1.82) is 0 Å². The van der Waals surface area contributed by atoms with E-state index >= 15 is 0 Å². The number of rotatable bonds is 12. The van der Waals surface area contributed by atoms with Crippen molar-refractivity contribution in [2.24, 2.45) is 0 Å². The lowest BCUT2D eigenvalue weighted by molar-refractivity contribution is -0.107. The molecule has 0 spiro atoms. The van der Waals surface area contributed by atoms with Crippen LogP contribution in [0, 0.1) is 0 Å². The van der Waals surface area contributed by atoms with Crippen LogP contribution in [0.25, 0.3) is 0 Å². The summed E-state index contributed by atoms with van der Waals surface area (Å²) >= 11 is 0. The van der Waals surface area contributed by atoms with E-state index in [1.54, 1.807) is 36.4 Å². The molecule has 0 bridgehead atoms. The second-order valence-corrected chi connectivity index (χ2v) is 7.70. The summed E-state index contributed by atoms with van der Waals surface area (Å²) in [4.78, 5) is 46.1. The van der Waals surface area contributed by atoms with E-state index in [9.17, 15) is 14.4 Å². The van der Waals surface area contributed by atoms with E-state index in [-0.39, 0.29) is 0 Å². The van der Waals surface area contributed by atoms with Gasteiger partial charge in [0.2, 0.25) is 24.7 Å². The van der Waals surface area contributed by atoms with Crippen molar-refractivity contribution in [3.63, 3.8) is 0 Å². The molecule has 0 aliphatic rings. The lowest BCUT2D eigenvalue weighted by Gasteiger charge is -2.12. The number of aromatic nitrogens is 3. The van der Waals surface area contributed by atoms with E-state index in [0.717, 1.165) is 17.4 Å². The predicted octanol–water partition coefficient (Wildman–Crippen LogP) is 3.83. The zero-order valence-corrected chi connectivity index (χ0v) is 19.1. The fourth-order valence-corrected chi connectivity index (χ4v) is 3.52. The Labute approximate surface area is 207 Å². The normalized spacial score (nSPS) is 10.2. The molecule has 4 rings (SSSR count). The summed E-state index contributed by atoms with van der Waals surface area (Å²) in [5.41, 5.74) is 4.45. The number of aldehydes is 1. The lowest BCUT2D eigenvalue weighted by Crippen LogP contribution is -2.08. The maximum atomic E-state index is 10.9. The van der Waals surface area contributed by atoms with Gasteiger partial charge in [-0.1, -0.05) is 36.4 Å². The molecule has 4 N–H and O–H groups in total. The fourth-order valence-electron chi connectivity index (χ4n) is 3.52. The Morgan fingerprint density at radius 2 is 1.14 bits per heavy atom. The van der Waals surface area contributed by atoms with Crippen LogP contribution in [0.15, 0.2) is 72.8 Å². The molecule has 1 heterocycles. The topological polar surface area (TPSA) is 138 Å². The first-order chi connectivity index (χ1) is 17.6. The van der Waals surface area contributed by atoms with Crippen molar-refractivity contribution < 1.29 is 14.4 Å². The number of carbonyl (C=O) groups excluding carboxylic acids is 3. The van der Waals surface area contributed by atoms with Gasteiger partial charge in [0, 0.05) is 35.6 Å². The monoisotopic (exact) mass is 481 g/mol. The summed E-state index contributed by atoms with van der Waals surface area (Å²) in [7, 11) is 0. The molecule has 36 heavy (non-hydrogen) atoms. The smallest absolute Gasteiger partial charge is 0.232 e. The van der Waals surface area contributed by atoms with Crippen LogP contribution in [-0.2, 0) is 27.2 Å². The van der Waals surface area contributed by atoms with Gasteiger partial charge < -0.3 is 26.1 Å². The molecule has 0 atom stereocenters. The number of nitrogens with one attached hydrogen (secondary N) is 4. The summed E-state index contributed by atoms with van der Waals surface area (Å²) < 4.78 is 0. The van der Waals surface area contributed by atoms with E-state index in [1.807, 2.05) is 36.4 Å². The van der Waals surface area contributed by atoms with Gasteiger partial charge in [0.15, 0.2) is 0 Å². The number of hydrogen-bond acceptors (Lipinski definition) is 8. The molecule has 1 aromatic heterocycles. The van der Waals surface area contributed by atoms with Gasteiger partial charge in [-0.3, -0.25) is 9.59 Å². The molecule has 4 aromatic rings. The minimum absolute atomic E-state index is 0.303. The molecule has 2 amide bonds. The van der Waals surface area contributed by atoms with Crippen molar-refractivity contribution in [2.45, 2.75) is 12.8 Å². The Bertz CT molecular complexity index is 1200. The zero-order valence-electron chi connectivity index (χ0n) is 19.1. The second kappa shape index (κ2) is 11.8. The molecule has 0 unspecified atom stereocenters. The van der Waals surface area contributed by atoms with E-state index in [0.29, 0.717) is 66.1 Å². The molecule has 10 heteroatoms. The quantitative estimate of drug-likeness (QED) is 0.224. The number of amides is 2. The summed E-state index contributed by atoms with van der Waals surface area (Å²) in [6.07, 6.45) is 2.83. The van der Waals surface area contributed by atoms with Gasteiger partial charge in [-0.15, -0.1) is 0 Å².